The lowest BCUT2D eigenvalue weighted by Crippen LogP contribution is -2.54. The first-order valence-electron chi connectivity index (χ1n) is 10.7. The van der Waals surface area contributed by atoms with E-state index in [0.717, 1.165) is 11.1 Å². The van der Waals surface area contributed by atoms with Crippen LogP contribution in [0.15, 0.2) is 48.5 Å². The van der Waals surface area contributed by atoms with Gasteiger partial charge in [0.25, 0.3) is 11.8 Å². The standard InChI is InChI=1S/C24H32N4O4/c1-5-32-20-12-10-19(11-13-20)22(29)27-28-23(30)21(14-16(2)3)26-24(31)25-15-18-8-6-17(4)7-9-18/h6-13,16,21H,5,14-15H2,1-4H3,(H,27,29)(H,28,30)(H2,25,26,31). The number of urea groups is 1. The summed E-state index contributed by atoms with van der Waals surface area (Å²) in [7, 11) is 0. The molecule has 0 radical (unpaired) electrons. The second-order valence-corrected chi connectivity index (χ2v) is 7.90. The van der Waals surface area contributed by atoms with E-state index in [9.17, 15) is 14.4 Å². The van der Waals surface area contributed by atoms with E-state index in [4.69, 9.17) is 4.74 Å². The second kappa shape index (κ2) is 12.3. The van der Waals surface area contributed by atoms with Crippen molar-refractivity contribution >= 4 is 17.8 Å². The minimum Gasteiger partial charge on any atom is -0.494 e. The first-order valence-corrected chi connectivity index (χ1v) is 10.7. The van der Waals surface area contributed by atoms with Gasteiger partial charge in [0.15, 0.2) is 0 Å². The van der Waals surface area contributed by atoms with Crippen LogP contribution in [-0.2, 0) is 11.3 Å². The van der Waals surface area contributed by atoms with Gasteiger partial charge in [0.2, 0.25) is 0 Å². The average molecular weight is 441 g/mol. The molecule has 1 unspecified atom stereocenters. The molecule has 0 bridgehead atoms. The average Bonchev–Trinajstić information content (AvgIpc) is 2.77. The number of amides is 4. The smallest absolute Gasteiger partial charge is 0.315 e. The van der Waals surface area contributed by atoms with Gasteiger partial charge in [-0.2, -0.15) is 0 Å². The lowest BCUT2D eigenvalue weighted by Gasteiger charge is -2.20. The molecule has 0 saturated heterocycles. The van der Waals surface area contributed by atoms with Crippen LogP contribution >= 0.6 is 0 Å². The van der Waals surface area contributed by atoms with Crippen molar-refractivity contribution in [3.63, 3.8) is 0 Å². The zero-order valence-electron chi connectivity index (χ0n) is 19.0. The Hall–Kier alpha value is -3.55. The van der Waals surface area contributed by atoms with Crippen molar-refractivity contribution in [2.45, 2.75) is 46.7 Å². The molecule has 0 saturated carbocycles. The Kier molecular flexibility index (Phi) is 9.53. The number of benzene rings is 2. The van der Waals surface area contributed by atoms with E-state index < -0.39 is 23.9 Å². The summed E-state index contributed by atoms with van der Waals surface area (Å²) in [6.07, 6.45) is 0.419. The van der Waals surface area contributed by atoms with Gasteiger partial charge >= 0.3 is 6.03 Å². The Morgan fingerprint density at radius 1 is 0.938 bits per heavy atom. The predicted octanol–water partition coefficient (Wildman–Crippen LogP) is 3.07. The fourth-order valence-corrected chi connectivity index (χ4v) is 2.95. The number of hydrazine groups is 1. The highest BCUT2D eigenvalue weighted by Gasteiger charge is 2.22. The number of hydrogen-bond acceptors (Lipinski definition) is 4. The topological polar surface area (TPSA) is 109 Å². The van der Waals surface area contributed by atoms with Gasteiger partial charge in [-0.25, -0.2) is 4.79 Å². The van der Waals surface area contributed by atoms with E-state index in [1.54, 1.807) is 24.3 Å². The molecule has 2 aromatic rings. The summed E-state index contributed by atoms with van der Waals surface area (Å²) in [6.45, 7) is 8.64. The Morgan fingerprint density at radius 3 is 2.19 bits per heavy atom. The lowest BCUT2D eigenvalue weighted by molar-refractivity contribution is -0.124. The van der Waals surface area contributed by atoms with Crippen LogP contribution in [-0.4, -0.2) is 30.5 Å². The molecule has 2 rings (SSSR count). The van der Waals surface area contributed by atoms with Gasteiger partial charge in [0.1, 0.15) is 11.8 Å². The highest BCUT2D eigenvalue weighted by molar-refractivity contribution is 5.96. The molecule has 0 heterocycles. The molecular formula is C24H32N4O4. The number of carbonyl (C=O) groups is 3. The van der Waals surface area contributed by atoms with Gasteiger partial charge in [-0.05, 0) is 56.0 Å². The van der Waals surface area contributed by atoms with E-state index in [1.807, 2.05) is 52.0 Å². The predicted molar refractivity (Wildman–Crippen MR) is 123 cm³/mol. The monoisotopic (exact) mass is 440 g/mol. The van der Waals surface area contributed by atoms with Crippen LogP contribution < -0.4 is 26.2 Å². The zero-order valence-corrected chi connectivity index (χ0v) is 19.0. The van der Waals surface area contributed by atoms with Crippen LogP contribution in [0.2, 0.25) is 0 Å². The number of ether oxygens (including phenoxy) is 1. The summed E-state index contributed by atoms with van der Waals surface area (Å²) in [5.74, 6) is -0.145. The number of carbonyl (C=O) groups excluding carboxylic acids is 3. The van der Waals surface area contributed by atoms with Crippen LogP contribution in [0.5, 0.6) is 5.75 Å². The highest BCUT2D eigenvalue weighted by Crippen LogP contribution is 2.12. The molecule has 1 atom stereocenters. The van der Waals surface area contributed by atoms with Crippen molar-refractivity contribution < 1.29 is 19.1 Å². The first-order chi connectivity index (χ1) is 15.3. The van der Waals surface area contributed by atoms with E-state index >= 15 is 0 Å². The first kappa shape index (κ1) is 24.7. The molecule has 32 heavy (non-hydrogen) atoms. The third-order valence-corrected chi connectivity index (χ3v) is 4.63. The number of nitrogens with one attached hydrogen (secondary N) is 4. The van der Waals surface area contributed by atoms with Crippen molar-refractivity contribution in [2.24, 2.45) is 5.92 Å². The van der Waals surface area contributed by atoms with Gasteiger partial charge in [-0.15, -0.1) is 0 Å². The Labute approximate surface area is 189 Å². The van der Waals surface area contributed by atoms with Crippen LogP contribution in [0, 0.1) is 12.8 Å². The largest absolute Gasteiger partial charge is 0.494 e. The SMILES string of the molecule is CCOc1ccc(C(=O)NNC(=O)C(CC(C)C)NC(=O)NCc2ccc(C)cc2)cc1. The maximum absolute atomic E-state index is 12.6. The summed E-state index contributed by atoms with van der Waals surface area (Å²) in [5.41, 5.74) is 7.26. The van der Waals surface area contributed by atoms with E-state index in [2.05, 4.69) is 21.5 Å². The summed E-state index contributed by atoms with van der Waals surface area (Å²) in [4.78, 5) is 37.2. The second-order valence-electron chi connectivity index (χ2n) is 7.90. The van der Waals surface area contributed by atoms with Crippen LogP contribution in [0.3, 0.4) is 0 Å². The molecule has 172 valence electrons. The Morgan fingerprint density at radius 2 is 1.59 bits per heavy atom. The van der Waals surface area contributed by atoms with Crippen molar-refractivity contribution in [3.8, 4) is 5.75 Å². The zero-order chi connectivity index (χ0) is 23.5. The van der Waals surface area contributed by atoms with E-state index in [0.29, 0.717) is 30.9 Å². The summed E-state index contributed by atoms with van der Waals surface area (Å²) >= 11 is 0. The van der Waals surface area contributed by atoms with Crippen molar-refractivity contribution in [1.29, 1.82) is 0 Å². The molecule has 0 aliphatic heterocycles. The molecule has 0 aliphatic carbocycles. The van der Waals surface area contributed by atoms with Crippen molar-refractivity contribution in [1.82, 2.24) is 21.5 Å². The number of aryl methyl sites for hydroxylation is 1. The Balaban J connectivity index is 1.88. The van der Waals surface area contributed by atoms with Gasteiger partial charge < -0.3 is 15.4 Å². The van der Waals surface area contributed by atoms with Gasteiger partial charge in [-0.1, -0.05) is 43.7 Å². The molecule has 0 fully saturated rings. The summed E-state index contributed by atoms with van der Waals surface area (Å²) < 4.78 is 5.35. The molecule has 4 N–H and O–H groups in total. The molecular weight excluding hydrogens is 408 g/mol. The normalized spacial score (nSPS) is 11.4. The van der Waals surface area contributed by atoms with Gasteiger partial charge in [0.05, 0.1) is 6.61 Å². The maximum atomic E-state index is 12.6. The van der Waals surface area contributed by atoms with E-state index in [1.165, 1.54) is 0 Å². The molecule has 0 aromatic heterocycles. The fourth-order valence-electron chi connectivity index (χ4n) is 2.95. The summed E-state index contributed by atoms with van der Waals surface area (Å²) in [6, 6.07) is 13.1. The van der Waals surface area contributed by atoms with Crippen molar-refractivity contribution in [3.05, 3.63) is 65.2 Å². The third-order valence-electron chi connectivity index (χ3n) is 4.63. The molecule has 4 amide bonds. The lowest BCUT2D eigenvalue weighted by atomic mass is 10.0. The highest BCUT2D eigenvalue weighted by atomic mass is 16.5. The summed E-state index contributed by atoms with van der Waals surface area (Å²) in [5, 5.41) is 5.44. The molecule has 0 spiro atoms. The molecule has 0 aliphatic rings. The van der Waals surface area contributed by atoms with Crippen LogP contribution in [0.25, 0.3) is 0 Å². The van der Waals surface area contributed by atoms with Crippen LogP contribution in [0.1, 0.15) is 48.7 Å². The number of rotatable bonds is 9. The molecule has 8 heteroatoms. The van der Waals surface area contributed by atoms with E-state index in [-0.39, 0.29) is 5.92 Å². The van der Waals surface area contributed by atoms with Crippen LogP contribution in [0.4, 0.5) is 4.79 Å². The third kappa shape index (κ3) is 8.29. The minimum absolute atomic E-state index is 0.157. The molecule has 8 nitrogen and oxygen atoms in total. The molecule has 2 aromatic carbocycles. The minimum atomic E-state index is -0.798. The fraction of sp³-hybridized carbons (Fsp3) is 0.375. The van der Waals surface area contributed by atoms with Gasteiger partial charge in [-0.3, -0.25) is 20.4 Å². The van der Waals surface area contributed by atoms with Crippen molar-refractivity contribution in [2.75, 3.05) is 6.61 Å². The Bertz CT molecular complexity index is 895. The maximum Gasteiger partial charge on any atom is 0.315 e. The quantitative estimate of drug-likeness (QED) is 0.449. The number of hydrogen-bond donors (Lipinski definition) is 4. The van der Waals surface area contributed by atoms with Gasteiger partial charge in [0, 0.05) is 12.1 Å².